The molecule has 1 fully saturated rings. The Kier molecular flexibility index (Phi) is 5.46. The van der Waals surface area contributed by atoms with Crippen molar-refractivity contribution in [1.29, 1.82) is 0 Å². The summed E-state index contributed by atoms with van der Waals surface area (Å²) >= 11 is 0. The third-order valence-electron chi connectivity index (χ3n) is 7.18. The number of H-pyrrole nitrogens is 1. The van der Waals surface area contributed by atoms with E-state index in [2.05, 4.69) is 28.2 Å². The number of allylic oxidation sites excluding steroid dienone is 2. The number of carbonyl (C=O) groups excluding carboxylic acids is 1. The van der Waals surface area contributed by atoms with E-state index in [1.54, 1.807) is 4.52 Å². The van der Waals surface area contributed by atoms with Gasteiger partial charge < -0.3 is 4.90 Å². The highest BCUT2D eigenvalue weighted by Crippen LogP contribution is 2.33. The number of aromatic amines is 1. The zero-order valence-electron chi connectivity index (χ0n) is 18.6. The van der Waals surface area contributed by atoms with Crippen LogP contribution in [0.25, 0.3) is 5.65 Å². The third-order valence-corrected chi connectivity index (χ3v) is 7.18. The summed E-state index contributed by atoms with van der Waals surface area (Å²) in [5.74, 6) is 0.812. The van der Waals surface area contributed by atoms with Crippen LogP contribution < -0.4 is 5.56 Å². The second-order valence-electron chi connectivity index (χ2n) is 9.72. The molecule has 4 heterocycles. The number of nitrogens with zero attached hydrogens (tertiary/aromatic N) is 4. The van der Waals surface area contributed by atoms with Gasteiger partial charge in [0.2, 0.25) is 5.91 Å². The summed E-state index contributed by atoms with van der Waals surface area (Å²) < 4.78 is 1.62. The summed E-state index contributed by atoms with van der Waals surface area (Å²) in [6.07, 6.45) is 11.1. The number of amides is 1. The van der Waals surface area contributed by atoms with Gasteiger partial charge in [-0.25, -0.2) is 9.50 Å². The molecule has 0 saturated carbocycles. The van der Waals surface area contributed by atoms with Crippen molar-refractivity contribution in [1.82, 2.24) is 24.4 Å². The summed E-state index contributed by atoms with van der Waals surface area (Å²) in [5, 5.41) is 3.38. The number of nitrogens with one attached hydrogen (secondary N) is 1. The van der Waals surface area contributed by atoms with Gasteiger partial charge in [0.25, 0.3) is 5.56 Å². The average Bonchev–Trinajstić information content (AvgIpc) is 3.40. The Labute approximate surface area is 183 Å². The van der Waals surface area contributed by atoms with Crippen LogP contribution in [0.4, 0.5) is 0 Å². The van der Waals surface area contributed by atoms with Crippen molar-refractivity contribution in [2.45, 2.75) is 65.0 Å². The fourth-order valence-corrected chi connectivity index (χ4v) is 5.49. The maximum absolute atomic E-state index is 13.2. The van der Waals surface area contributed by atoms with E-state index in [-0.39, 0.29) is 17.4 Å². The minimum absolute atomic E-state index is 0.00939. The molecule has 1 amide bonds. The highest BCUT2D eigenvalue weighted by Gasteiger charge is 2.31. The fourth-order valence-electron chi connectivity index (χ4n) is 5.49. The van der Waals surface area contributed by atoms with E-state index < -0.39 is 0 Å². The van der Waals surface area contributed by atoms with E-state index >= 15 is 0 Å². The molecule has 0 unspecified atom stereocenters. The maximum atomic E-state index is 13.2. The molecule has 0 aromatic carbocycles. The Morgan fingerprint density at radius 1 is 1.26 bits per heavy atom. The molecule has 1 aliphatic carbocycles. The molecule has 0 spiro atoms. The van der Waals surface area contributed by atoms with Crippen LogP contribution in [-0.2, 0) is 17.8 Å². The largest absolute Gasteiger partial charge is 0.336 e. The molecule has 2 atom stereocenters. The number of hydrogen-bond donors (Lipinski definition) is 1. The first kappa shape index (κ1) is 20.5. The first-order valence-electron chi connectivity index (χ1n) is 11.8. The number of rotatable bonds is 4. The molecule has 166 valence electrons. The molecule has 2 aromatic heterocycles. The van der Waals surface area contributed by atoms with Gasteiger partial charge in [-0.05, 0) is 51.0 Å². The Balaban J connectivity index is 1.41. The lowest BCUT2D eigenvalue weighted by Gasteiger charge is -2.29. The molecule has 1 saturated heterocycles. The van der Waals surface area contributed by atoms with Gasteiger partial charge in [-0.15, -0.1) is 0 Å². The molecular formula is C24H33N5O2. The molecule has 1 N–H and O–H groups in total. The predicted molar refractivity (Wildman–Crippen MR) is 120 cm³/mol. The number of aromatic nitrogens is 3. The molecule has 7 nitrogen and oxygen atoms in total. The Hall–Kier alpha value is -2.41. The lowest BCUT2D eigenvalue weighted by Crippen LogP contribution is -2.41. The van der Waals surface area contributed by atoms with Gasteiger partial charge in [0.1, 0.15) is 0 Å². The second kappa shape index (κ2) is 8.26. The van der Waals surface area contributed by atoms with Crippen LogP contribution in [0.1, 0.15) is 68.9 Å². The SMILES string of the molecule is CC(C)C(=O)N1CCc2c(nc3cc([C@H]4CCCN4C[C@H]4CC=CCC4)[nH]n3c2=O)C1. The van der Waals surface area contributed by atoms with Gasteiger partial charge in [0, 0.05) is 30.6 Å². The molecular weight excluding hydrogens is 390 g/mol. The standard InChI is InChI=1S/C24H33N5O2/c1-16(2)23(30)28-12-10-18-20(15-28)25-22-13-19(26-29(22)24(18)31)21-9-6-11-27(21)14-17-7-4-3-5-8-17/h3-4,13,16-17,21,26H,5-12,14-15H2,1-2H3/t17-,21+/m0/s1. The van der Waals surface area contributed by atoms with Crippen molar-refractivity contribution >= 4 is 11.6 Å². The summed E-state index contributed by atoms with van der Waals surface area (Å²) in [6, 6.07) is 2.37. The predicted octanol–water partition coefficient (Wildman–Crippen LogP) is 3.06. The van der Waals surface area contributed by atoms with Gasteiger partial charge in [-0.2, -0.15) is 0 Å². The lowest BCUT2D eigenvalue weighted by atomic mass is 9.93. The van der Waals surface area contributed by atoms with E-state index in [9.17, 15) is 9.59 Å². The third kappa shape index (κ3) is 3.84. The van der Waals surface area contributed by atoms with Crippen LogP contribution in [0.2, 0.25) is 0 Å². The van der Waals surface area contributed by atoms with Crippen LogP contribution in [0, 0.1) is 11.8 Å². The molecule has 2 aliphatic heterocycles. The van der Waals surface area contributed by atoms with Gasteiger partial charge in [-0.3, -0.25) is 19.6 Å². The fraction of sp³-hybridized carbons (Fsp3) is 0.625. The van der Waals surface area contributed by atoms with Gasteiger partial charge >= 0.3 is 0 Å². The first-order valence-corrected chi connectivity index (χ1v) is 11.8. The minimum atomic E-state index is -0.0433. The van der Waals surface area contributed by atoms with Crippen LogP contribution in [0.3, 0.4) is 0 Å². The van der Waals surface area contributed by atoms with Crippen LogP contribution >= 0.6 is 0 Å². The minimum Gasteiger partial charge on any atom is -0.336 e. The highest BCUT2D eigenvalue weighted by molar-refractivity contribution is 5.78. The van der Waals surface area contributed by atoms with Gasteiger partial charge in [-0.1, -0.05) is 26.0 Å². The Morgan fingerprint density at radius 2 is 2.13 bits per heavy atom. The van der Waals surface area contributed by atoms with E-state index in [1.165, 1.54) is 25.7 Å². The average molecular weight is 424 g/mol. The summed E-state index contributed by atoms with van der Waals surface area (Å²) in [7, 11) is 0. The van der Waals surface area contributed by atoms with Crippen molar-refractivity contribution in [3.05, 3.63) is 45.5 Å². The number of hydrogen-bond acceptors (Lipinski definition) is 4. The quantitative estimate of drug-likeness (QED) is 0.767. The monoisotopic (exact) mass is 423 g/mol. The van der Waals surface area contributed by atoms with Crippen molar-refractivity contribution in [3.8, 4) is 0 Å². The molecule has 0 bridgehead atoms. The lowest BCUT2D eigenvalue weighted by molar-refractivity contribution is -0.135. The van der Waals surface area contributed by atoms with E-state index in [4.69, 9.17) is 4.98 Å². The number of fused-ring (bicyclic) bond motifs is 2. The maximum Gasteiger partial charge on any atom is 0.276 e. The van der Waals surface area contributed by atoms with Crippen LogP contribution in [0.5, 0.6) is 0 Å². The van der Waals surface area contributed by atoms with Crippen molar-refractivity contribution in [2.75, 3.05) is 19.6 Å². The zero-order chi connectivity index (χ0) is 21.5. The highest BCUT2D eigenvalue weighted by atomic mass is 16.2. The molecule has 7 heteroatoms. The molecule has 5 rings (SSSR count). The molecule has 2 aromatic rings. The summed E-state index contributed by atoms with van der Waals surface area (Å²) in [6.45, 7) is 7.09. The Morgan fingerprint density at radius 3 is 2.90 bits per heavy atom. The molecule has 3 aliphatic rings. The van der Waals surface area contributed by atoms with Crippen molar-refractivity contribution in [2.24, 2.45) is 11.8 Å². The Bertz CT molecular complexity index is 1070. The second-order valence-corrected chi connectivity index (χ2v) is 9.72. The summed E-state index contributed by atoms with van der Waals surface area (Å²) in [5.41, 5.74) is 3.25. The topological polar surface area (TPSA) is 73.7 Å². The van der Waals surface area contributed by atoms with E-state index in [0.29, 0.717) is 31.2 Å². The molecule has 0 radical (unpaired) electrons. The molecule has 31 heavy (non-hydrogen) atoms. The van der Waals surface area contributed by atoms with E-state index in [1.807, 2.05) is 18.7 Å². The summed E-state index contributed by atoms with van der Waals surface area (Å²) in [4.78, 5) is 34.8. The first-order chi connectivity index (χ1) is 15.0. The van der Waals surface area contributed by atoms with Crippen molar-refractivity contribution in [3.63, 3.8) is 0 Å². The normalized spacial score (nSPS) is 24.3. The smallest absolute Gasteiger partial charge is 0.276 e. The number of carbonyl (C=O) groups is 1. The van der Waals surface area contributed by atoms with E-state index in [0.717, 1.165) is 42.4 Å². The van der Waals surface area contributed by atoms with Crippen molar-refractivity contribution < 1.29 is 4.79 Å². The number of likely N-dealkylation sites (tertiary alicyclic amines) is 1. The zero-order valence-corrected chi connectivity index (χ0v) is 18.6. The van der Waals surface area contributed by atoms with Gasteiger partial charge in [0.05, 0.1) is 24.0 Å². The van der Waals surface area contributed by atoms with Gasteiger partial charge in [0.15, 0.2) is 5.65 Å². The van der Waals surface area contributed by atoms with Crippen LogP contribution in [-0.4, -0.2) is 49.9 Å². The van der Waals surface area contributed by atoms with Crippen LogP contribution in [0.15, 0.2) is 23.0 Å².